The molecule has 0 saturated carbocycles. The second-order valence-electron chi connectivity index (χ2n) is 6.62. The summed E-state index contributed by atoms with van der Waals surface area (Å²) in [6.07, 6.45) is 0. The van der Waals surface area contributed by atoms with E-state index in [-0.39, 0.29) is 11.8 Å². The highest BCUT2D eigenvalue weighted by molar-refractivity contribution is 6.29. The fraction of sp³-hybridized carbons (Fsp3) is 0.647. The number of amides is 1. The van der Waals surface area contributed by atoms with Crippen molar-refractivity contribution in [3.05, 3.63) is 28.5 Å². The van der Waals surface area contributed by atoms with Crippen LogP contribution in [0.25, 0.3) is 0 Å². The van der Waals surface area contributed by atoms with E-state index in [0.717, 1.165) is 5.69 Å². The predicted molar refractivity (Wildman–Crippen MR) is 88.8 cm³/mol. The molecule has 0 saturated heterocycles. The van der Waals surface area contributed by atoms with Crippen molar-refractivity contribution in [2.45, 2.75) is 47.5 Å². The Morgan fingerprint density at radius 3 is 2.19 bits per heavy atom. The van der Waals surface area contributed by atoms with Crippen molar-refractivity contribution in [1.29, 1.82) is 0 Å². The fourth-order valence-corrected chi connectivity index (χ4v) is 2.71. The Kier molecular flexibility index (Phi) is 6.66. The van der Waals surface area contributed by atoms with E-state index < -0.39 is 0 Å². The zero-order valence-electron chi connectivity index (χ0n) is 13.9. The molecule has 0 fully saturated rings. The van der Waals surface area contributed by atoms with E-state index in [4.69, 9.17) is 11.6 Å². The molecule has 1 heterocycles. The molecule has 0 aromatic carbocycles. The van der Waals surface area contributed by atoms with Gasteiger partial charge in [-0.25, -0.2) is 4.98 Å². The number of nitrogens with zero attached hydrogens (tertiary/aromatic N) is 1. The average molecular weight is 311 g/mol. The van der Waals surface area contributed by atoms with Gasteiger partial charge in [-0.05, 0) is 35.8 Å². The number of hydrogen-bond donors (Lipinski definition) is 1. The molecule has 0 bridgehead atoms. The largest absolute Gasteiger partial charge is 0.352 e. The Bertz CT molecular complexity index is 476. The third kappa shape index (κ3) is 5.31. The van der Waals surface area contributed by atoms with Crippen molar-refractivity contribution < 1.29 is 4.79 Å². The highest BCUT2D eigenvalue weighted by Gasteiger charge is 2.19. The Balaban J connectivity index is 2.80. The number of carbonyl (C=O) groups excluding carboxylic acids is 1. The molecule has 0 aliphatic heterocycles. The summed E-state index contributed by atoms with van der Waals surface area (Å²) in [6.45, 7) is 13.5. The van der Waals surface area contributed by atoms with Crippen molar-refractivity contribution in [1.82, 2.24) is 10.3 Å². The molecule has 0 aliphatic rings. The maximum Gasteiger partial charge on any atom is 0.251 e. The molecular weight excluding hydrogens is 284 g/mol. The summed E-state index contributed by atoms with van der Waals surface area (Å²) in [4.78, 5) is 16.6. The minimum absolute atomic E-state index is 0.0764. The SMILES string of the molecule is CC(C)c1cc(C(=O)NCC(C(C)C)C(C)C)cc(Cl)n1. The average Bonchev–Trinajstić information content (AvgIpc) is 2.36. The lowest BCUT2D eigenvalue weighted by Crippen LogP contribution is -2.34. The lowest BCUT2D eigenvalue weighted by molar-refractivity contribution is 0.0937. The first kappa shape index (κ1) is 18.0. The molecular formula is C17H27ClN2O. The summed E-state index contributed by atoms with van der Waals surface area (Å²) in [6, 6.07) is 3.45. The van der Waals surface area contributed by atoms with Gasteiger partial charge in [-0.15, -0.1) is 0 Å². The maximum absolute atomic E-state index is 12.3. The number of nitrogens with one attached hydrogen (secondary N) is 1. The van der Waals surface area contributed by atoms with E-state index in [0.29, 0.717) is 35.0 Å². The zero-order chi connectivity index (χ0) is 16.2. The minimum Gasteiger partial charge on any atom is -0.352 e. The number of pyridine rings is 1. The summed E-state index contributed by atoms with van der Waals surface area (Å²) in [7, 11) is 0. The molecule has 0 atom stereocenters. The molecule has 118 valence electrons. The summed E-state index contributed by atoms with van der Waals surface area (Å²) in [5, 5.41) is 3.40. The van der Waals surface area contributed by atoms with Crippen LogP contribution in [0.1, 0.15) is 63.5 Å². The van der Waals surface area contributed by atoms with Crippen LogP contribution in [0.3, 0.4) is 0 Å². The normalized spacial score (nSPS) is 11.8. The van der Waals surface area contributed by atoms with Gasteiger partial charge >= 0.3 is 0 Å². The third-order valence-electron chi connectivity index (χ3n) is 3.88. The molecule has 21 heavy (non-hydrogen) atoms. The first-order valence-electron chi connectivity index (χ1n) is 7.68. The number of hydrogen-bond acceptors (Lipinski definition) is 2. The quantitative estimate of drug-likeness (QED) is 0.785. The van der Waals surface area contributed by atoms with E-state index in [1.807, 2.05) is 19.9 Å². The summed E-state index contributed by atoms with van der Waals surface area (Å²) < 4.78 is 0. The zero-order valence-corrected chi connectivity index (χ0v) is 14.7. The highest BCUT2D eigenvalue weighted by Crippen LogP contribution is 2.20. The van der Waals surface area contributed by atoms with Gasteiger partial charge in [0.05, 0.1) is 0 Å². The van der Waals surface area contributed by atoms with E-state index in [1.54, 1.807) is 6.07 Å². The molecule has 0 spiro atoms. The summed E-state index contributed by atoms with van der Waals surface area (Å²) >= 11 is 6.01. The van der Waals surface area contributed by atoms with E-state index >= 15 is 0 Å². The molecule has 0 unspecified atom stereocenters. The van der Waals surface area contributed by atoms with Gasteiger partial charge in [-0.3, -0.25) is 4.79 Å². The van der Waals surface area contributed by atoms with Gasteiger partial charge in [0.2, 0.25) is 0 Å². The van der Waals surface area contributed by atoms with Crippen LogP contribution >= 0.6 is 11.6 Å². The van der Waals surface area contributed by atoms with Crippen LogP contribution < -0.4 is 5.32 Å². The monoisotopic (exact) mass is 310 g/mol. The number of rotatable bonds is 6. The van der Waals surface area contributed by atoms with E-state index in [9.17, 15) is 4.79 Å². The van der Waals surface area contributed by atoms with E-state index in [1.165, 1.54) is 0 Å². The maximum atomic E-state index is 12.3. The van der Waals surface area contributed by atoms with E-state index in [2.05, 4.69) is 38.0 Å². The Labute approximate surface area is 133 Å². The first-order chi connectivity index (χ1) is 9.72. The van der Waals surface area contributed by atoms with Crippen LogP contribution in [0, 0.1) is 17.8 Å². The van der Waals surface area contributed by atoms with Crippen LogP contribution in [0.15, 0.2) is 12.1 Å². The van der Waals surface area contributed by atoms with Crippen molar-refractivity contribution in [2.24, 2.45) is 17.8 Å². The topological polar surface area (TPSA) is 42.0 Å². The van der Waals surface area contributed by atoms with Crippen molar-refractivity contribution >= 4 is 17.5 Å². The number of halogens is 1. The van der Waals surface area contributed by atoms with Gasteiger partial charge in [0.1, 0.15) is 5.15 Å². The number of carbonyl (C=O) groups is 1. The molecule has 1 N–H and O–H groups in total. The Morgan fingerprint density at radius 1 is 1.14 bits per heavy atom. The second kappa shape index (κ2) is 7.79. The van der Waals surface area contributed by atoms with Crippen molar-refractivity contribution in [3.63, 3.8) is 0 Å². The van der Waals surface area contributed by atoms with Crippen LogP contribution in [0.5, 0.6) is 0 Å². The molecule has 1 rings (SSSR count). The lowest BCUT2D eigenvalue weighted by Gasteiger charge is -2.25. The van der Waals surface area contributed by atoms with Crippen molar-refractivity contribution in [2.75, 3.05) is 6.54 Å². The molecule has 1 aromatic heterocycles. The minimum atomic E-state index is -0.0764. The van der Waals surface area contributed by atoms with Crippen LogP contribution in [-0.4, -0.2) is 17.4 Å². The van der Waals surface area contributed by atoms with Gasteiger partial charge in [-0.1, -0.05) is 53.1 Å². The molecule has 0 radical (unpaired) electrons. The number of aromatic nitrogens is 1. The van der Waals surface area contributed by atoms with Gasteiger partial charge in [0, 0.05) is 17.8 Å². The van der Waals surface area contributed by atoms with Crippen LogP contribution in [0.4, 0.5) is 0 Å². The fourth-order valence-electron chi connectivity index (χ4n) is 2.50. The van der Waals surface area contributed by atoms with Gasteiger partial charge < -0.3 is 5.32 Å². The Morgan fingerprint density at radius 2 is 1.71 bits per heavy atom. The third-order valence-corrected chi connectivity index (χ3v) is 4.07. The van der Waals surface area contributed by atoms with Gasteiger partial charge in [0.25, 0.3) is 5.91 Å². The van der Waals surface area contributed by atoms with Crippen molar-refractivity contribution in [3.8, 4) is 0 Å². The predicted octanol–water partition coefficient (Wildman–Crippen LogP) is 4.52. The molecule has 0 aliphatic carbocycles. The standard InChI is InChI=1S/C17H27ClN2O/c1-10(2)14(11(3)4)9-19-17(21)13-7-15(12(5)6)20-16(18)8-13/h7-8,10-12,14H,9H2,1-6H3,(H,19,21). The molecule has 1 aromatic rings. The highest BCUT2D eigenvalue weighted by atomic mass is 35.5. The molecule has 4 heteroatoms. The summed E-state index contributed by atoms with van der Waals surface area (Å²) in [5.74, 6) is 1.72. The van der Waals surface area contributed by atoms with Crippen LogP contribution in [-0.2, 0) is 0 Å². The summed E-state index contributed by atoms with van der Waals surface area (Å²) in [5.41, 5.74) is 1.43. The van der Waals surface area contributed by atoms with Gasteiger partial charge in [0.15, 0.2) is 0 Å². The second-order valence-corrected chi connectivity index (χ2v) is 7.01. The smallest absolute Gasteiger partial charge is 0.251 e. The molecule has 1 amide bonds. The Hall–Kier alpha value is -1.09. The first-order valence-corrected chi connectivity index (χ1v) is 8.05. The van der Waals surface area contributed by atoms with Gasteiger partial charge in [-0.2, -0.15) is 0 Å². The van der Waals surface area contributed by atoms with Crippen LogP contribution in [0.2, 0.25) is 5.15 Å². The lowest BCUT2D eigenvalue weighted by atomic mass is 9.85. The molecule has 3 nitrogen and oxygen atoms in total.